The molecule has 1 fully saturated rings. The third-order valence-corrected chi connectivity index (χ3v) is 3.67. The second-order valence-electron chi connectivity index (χ2n) is 6.52. The average molecular weight is 298 g/mol. The van der Waals surface area contributed by atoms with Gasteiger partial charge in [-0.25, -0.2) is 0 Å². The molecule has 2 amide bonds. The summed E-state index contributed by atoms with van der Waals surface area (Å²) in [6, 6.07) is -0.773. The van der Waals surface area contributed by atoms with E-state index in [1.165, 1.54) is 0 Å². The molecule has 1 rings (SSSR count). The Labute approximate surface area is 128 Å². The van der Waals surface area contributed by atoms with Crippen molar-refractivity contribution < 1.29 is 14.3 Å². The highest BCUT2D eigenvalue weighted by Crippen LogP contribution is 2.20. The quantitative estimate of drug-likeness (QED) is 0.695. The summed E-state index contributed by atoms with van der Waals surface area (Å²) < 4.78 is 5.49. The molecule has 0 radical (unpaired) electrons. The lowest BCUT2D eigenvalue weighted by Crippen LogP contribution is -2.65. The van der Waals surface area contributed by atoms with E-state index in [1.807, 2.05) is 13.8 Å². The molecule has 5 heteroatoms. The van der Waals surface area contributed by atoms with Gasteiger partial charge in [0.05, 0.1) is 6.61 Å². The van der Waals surface area contributed by atoms with Crippen LogP contribution in [0.15, 0.2) is 0 Å². The van der Waals surface area contributed by atoms with Gasteiger partial charge in [0, 0.05) is 13.2 Å². The predicted molar refractivity (Wildman–Crippen MR) is 82.8 cm³/mol. The summed E-state index contributed by atoms with van der Waals surface area (Å²) in [4.78, 5) is 26.7. The lowest BCUT2D eigenvalue weighted by molar-refractivity contribution is -0.152. The Morgan fingerprint density at radius 2 is 1.86 bits per heavy atom. The molecule has 1 heterocycles. The van der Waals surface area contributed by atoms with Gasteiger partial charge in [-0.05, 0) is 24.7 Å². The first-order chi connectivity index (χ1) is 9.88. The normalized spacial score (nSPS) is 23.1. The summed E-state index contributed by atoms with van der Waals surface area (Å²) in [6.07, 6.45) is 1.64. The van der Waals surface area contributed by atoms with Crippen molar-refractivity contribution in [2.45, 2.75) is 59.5 Å². The molecule has 0 aliphatic carbocycles. The molecule has 0 bridgehead atoms. The fourth-order valence-corrected chi connectivity index (χ4v) is 2.75. The van der Waals surface area contributed by atoms with Crippen LogP contribution in [0.25, 0.3) is 0 Å². The Morgan fingerprint density at radius 3 is 2.38 bits per heavy atom. The van der Waals surface area contributed by atoms with E-state index in [9.17, 15) is 9.59 Å². The highest BCUT2D eigenvalue weighted by molar-refractivity contribution is 5.97. The molecule has 2 unspecified atom stereocenters. The Kier molecular flexibility index (Phi) is 7.15. The molecule has 0 saturated carbocycles. The molecule has 21 heavy (non-hydrogen) atoms. The molecule has 5 nitrogen and oxygen atoms in total. The van der Waals surface area contributed by atoms with Gasteiger partial charge in [0.1, 0.15) is 12.1 Å². The molecular formula is C16H30N2O3. The number of ether oxygens (including phenoxy) is 1. The maximum Gasteiger partial charge on any atom is 0.245 e. The second-order valence-corrected chi connectivity index (χ2v) is 6.52. The largest absolute Gasteiger partial charge is 0.380 e. The molecule has 122 valence electrons. The van der Waals surface area contributed by atoms with Gasteiger partial charge >= 0.3 is 0 Å². The predicted octanol–water partition coefficient (Wildman–Crippen LogP) is 1.81. The second kappa shape index (κ2) is 8.37. The highest BCUT2D eigenvalue weighted by atomic mass is 16.5. The number of carbonyl (C=O) groups is 2. The third kappa shape index (κ3) is 4.99. The van der Waals surface area contributed by atoms with Gasteiger partial charge in [-0.2, -0.15) is 0 Å². The minimum absolute atomic E-state index is 0.0297. The summed E-state index contributed by atoms with van der Waals surface area (Å²) in [6.45, 7) is 11.8. The van der Waals surface area contributed by atoms with Crippen LogP contribution < -0.4 is 5.32 Å². The van der Waals surface area contributed by atoms with Gasteiger partial charge in [0.15, 0.2) is 0 Å². The SMILES string of the molecule is CCCOCCN1C(=O)C(CC(C)C)NC(=O)C1C(C)C. The molecule has 1 aliphatic rings. The summed E-state index contributed by atoms with van der Waals surface area (Å²) in [5.41, 5.74) is 0. The Balaban J connectivity index is 2.77. The van der Waals surface area contributed by atoms with Crippen molar-refractivity contribution in [2.75, 3.05) is 19.8 Å². The zero-order chi connectivity index (χ0) is 16.0. The van der Waals surface area contributed by atoms with Crippen molar-refractivity contribution in [1.29, 1.82) is 0 Å². The molecule has 0 spiro atoms. The Hall–Kier alpha value is -1.10. The minimum Gasteiger partial charge on any atom is -0.380 e. The Bertz CT molecular complexity index is 355. The number of piperazine rings is 1. The fraction of sp³-hybridized carbons (Fsp3) is 0.875. The van der Waals surface area contributed by atoms with Gasteiger partial charge < -0.3 is 15.0 Å². The van der Waals surface area contributed by atoms with E-state index in [0.717, 1.165) is 6.42 Å². The molecule has 1 N–H and O–H groups in total. The molecule has 0 aromatic rings. The average Bonchev–Trinajstić information content (AvgIpc) is 2.38. The summed E-state index contributed by atoms with van der Waals surface area (Å²) >= 11 is 0. The molecule has 2 atom stereocenters. The Morgan fingerprint density at radius 1 is 1.19 bits per heavy atom. The number of hydrogen-bond donors (Lipinski definition) is 1. The number of nitrogens with zero attached hydrogens (tertiary/aromatic N) is 1. The van der Waals surface area contributed by atoms with E-state index < -0.39 is 6.04 Å². The van der Waals surface area contributed by atoms with E-state index in [1.54, 1.807) is 4.90 Å². The van der Waals surface area contributed by atoms with Gasteiger partial charge in [0.25, 0.3) is 0 Å². The van der Waals surface area contributed by atoms with Gasteiger partial charge in [-0.1, -0.05) is 34.6 Å². The molecule has 0 aromatic carbocycles. The first-order valence-electron chi connectivity index (χ1n) is 8.07. The summed E-state index contributed by atoms with van der Waals surface area (Å²) in [7, 11) is 0. The highest BCUT2D eigenvalue weighted by Gasteiger charge is 2.41. The number of nitrogens with one attached hydrogen (secondary N) is 1. The van der Waals surface area contributed by atoms with Gasteiger partial charge in [0.2, 0.25) is 11.8 Å². The topological polar surface area (TPSA) is 58.6 Å². The van der Waals surface area contributed by atoms with Crippen molar-refractivity contribution in [3.05, 3.63) is 0 Å². The number of carbonyl (C=O) groups excluding carboxylic acids is 2. The summed E-state index contributed by atoms with van der Waals surface area (Å²) in [5, 5.41) is 2.89. The van der Waals surface area contributed by atoms with Crippen molar-refractivity contribution in [2.24, 2.45) is 11.8 Å². The maximum atomic E-state index is 12.6. The minimum atomic E-state index is -0.390. The summed E-state index contributed by atoms with van der Waals surface area (Å²) in [5.74, 6) is 0.459. The third-order valence-electron chi connectivity index (χ3n) is 3.67. The molecular weight excluding hydrogens is 268 g/mol. The monoisotopic (exact) mass is 298 g/mol. The number of amides is 2. The van der Waals surface area contributed by atoms with Crippen LogP contribution in [0, 0.1) is 11.8 Å². The molecule has 0 aromatic heterocycles. The van der Waals surface area contributed by atoms with Gasteiger partial charge in [-0.15, -0.1) is 0 Å². The van der Waals surface area contributed by atoms with E-state index in [-0.39, 0.29) is 23.8 Å². The van der Waals surface area contributed by atoms with E-state index in [4.69, 9.17) is 4.74 Å². The van der Waals surface area contributed by atoms with Crippen LogP contribution in [0.1, 0.15) is 47.5 Å². The molecule has 1 saturated heterocycles. The van der Waals surface area contributed by atoms with E-state index in [2.05, 4.69) is 26.1 Å². The van der Waals surface area contributed by atoms with Crippen molar-refractivity contribution in [1.82, 2.24) is 10.2 Å². The van der Waals surface area contributed by atoms with Crippen LogP contribution in [0.3, 0.4) is 0 Å². The first-order valence-corrected chi connectivity index (χ1v) is 8.07. The van der Waals surface area contributed by atoms with Crippen LogP contribution >= 0.6 is 0 Å². The van der Waals surface area contributed by atoms with E-state index in [0.29, 0.717) is 32.1 Å². The van der Waals surface area contributed by atoms with Crippen LogP contribution in [0.2, 0.25) is 0 Å². The van der Waals surface area contributed by atoms with Crippen molar-refractivity contribution in [3.63, 3.8) is 0 Å². The van der Waals surface area contributed by atoms with Crippen LogP contribution in [0.4, 0.5) is 0 Å². The number of hydrogen-bond acceptors (Lipinski definition) is 3. The van der Waals surface area contributed by atoms with Crippen LogP contribution in [-0.4, -0.2) is 48.6 Å². The first kappa shape index (κ1) is 18.0. The lowest BCUT2D eigenvalue weighted by Gasteiger charge is -2.41. The fourth-order valence-electron chi connectivity index (χ4n) is 2.75. The van der Waals surface area contributed by atoms with Crippen molar-refractivity contribution >= 4 is 11.8 Å². The smallest absolute Gasteiger partial charge is 0.245 e. The lowest BCUT2D eigenvalue weighted by atomic mass is 9.93. The number of rotatable bonds is 8. The van der Waals surface area contributed by atoms with Crippen molar-refractivity contribution in [3.8, 4) is 0 Å². The van der Waals surface area contributed by atoms with Crippen LogP contribution in [0.5, 0.6) is 0 Å². The standard InChI is InChI=1S/C16H30N2O3/c1-6-8-21-9-7-18-14(12(4)5)15(19)17-13(16(18)20)10-11(2)3/h11-14H,6-10H2,1-5H3,(H,17,19). The van der Waals surface area contributed by atoms with E-state index >= 15 is 0 Å². The van der Waals surface area contributed by atoms with Crippen LogP contribution in [-0.2, 0) is 14.3 Å². The molecule has 1 aliphatic heterocycles. The van der Waals surface area contributed by atoms with Gasteiger partial charge in [-0.3, -0.25) is 9.59 Å². The zero-order valence-electron chi connectivity index (χ0n) is 14.0. The zero-order valence-corrected chi connectivity index (χ0v) is 14.0. The maximum absolute atomic E-state index is 12.6.